The number of carboxylic acid groups (broad SMARTS) is 1. The number of esters is 1. The summed E-state index contributed by atoms with van der Waals surface area (Å²) in [6, 6.07) is 7.11. The molecule has 2 heterocycles. The Labute approximate surface area is 198 Å². The number of nitrogens with one attached hydrogen (secondary N) is 1. The molecule has 1 saturated heterocycles. The SMILES string of the molecule is COC(=O)[C@@H](C)[C@H](c1ccc2c(c1)NC(C1CCN(C(=O)O)C(C(C)(C)C)C1)CC2)C1CC1. The van der Waals surface area contributed by atoms with E-state index in [0.29, 0.717) is 24.4 Å². The average Bonchev–Trinajstić information content (AvgIpc) is 3.62. The zero-order chi connectivity index (χ0) is 23.9. The summed E-state index contributed by atoms with van der Waals surface area (Å²) in [4.78, 5) is 25.8. The van der Waals surface area contributed by atoms with Crippen LogP contribution in [0, 0.1) is 23.2 Å². The molecule has 33 heavy (non-hydrogen) atoms. The molecule has 6 heteroatoms. The van der Waals surface area contributed by atoms with Gasteiger partial charge in [0.1, 0.15) is 0 Å². The maximum atomic E-state index is 12.3. The molecule has 3 aliphatic rings. The quantitative estimate of drug-likeness (QED) is 0.570. The molecule has 6 nitrogen and oxygen atoms in total. The molecule has 1 saturated carbocycles. The fraction of sp³-hybridized carbons (Fsp3) is 0.704. The predicted molar refractivity (Wildman–Crippen MR) is 130 cm³/mol. The summed E-state index contributed by atoms with van der Waals surface area (Å²) < 4.78 is 5.06. The number of hydrogen-bond acceptors (Lipinski definition) is 4. The summed E-state index contributed by atoms with van der Waals surface area (Å²) in [6.07, 6.45) is 5.46. The highest BCUT2D eigenvalue weighted by Crippen LogP contribution is 2.48. The summed E-state index contributed by atoms with van der Waals surface area (Å²) in [5, 5.41) is 13.5. The first-order chi connectivity index (χ1) is 15.6. The fourth-order valence-corrected chi connectivity index (χ4v) is 6.26. The van der Waals surface area contributed by atoms with Crippen molar-refractivity contribution in [2.75, 3.05) is 19.0 Å². The molecule has 1 aromatic rings. The lowest BCUT2D eigenvalue weighted by Crippen LogP contribution is -2.54. The first-order valence-corrected chi connectivity index (χ1v) is 12.6. The Bertz CT molecular complexity index is 889. The molecule has 0 bridgehead atoms. The first kappa shape index (κ1) is 23.9. The van der Waals surface area contributed by atoms with Crippen molar-refractivity contribution >= 4 is 17.7 Å². The van der Waals surface area contributed by atoms with Gasteiger partial charge in [0.25, 0.3) is 0 Å². The Kier molecular flexibility index (Phi) is 6.66. The highest BCUT2D eigenvalue weighted by atomic mass is 16.5. The van der Waals surface area contributed by atoms with Gasteiger partial charge in [0, 0.05) is 24.3 Å². The molecule has 0 aromatic heterocycles. The van der Waals surface area contributed by atoms with Crippen molar-refractivity contribution in [3.05, 3.63) is 29.3 Å². The topological polar surface area (TPSA) is 78.9 Å². The Morgan fingerprint density at radius 2 is 1.91 bits per heavy atom. The number of anilines is 1. The van der Waals surface area contributed by atoms with E-state index in [-0.39, 0.29) is 29.3 Å². The molecule has 1 aliphatic carbocycles. The minimum absolute atomic E-state index is 0.0310. The Balaban J connectivity index is 1.52. The number of carbonyl (C=O) groups excluding carboxylic acids is 1. The molecule has 3 unspecified atom stereocenters. The van der Waals surface area contributed by atoms with E-state index in [4.69, 9.17) is 4.74 Å². The van der Waals surface area contributed by atoms with Crippen LogP contribution in [0.3, 0.4) is 0 Å². The molecule has 5 atom stereocenters. The lowest BCUT2D eigenvalue weighted by molar-refractivity contribution is -0.145. The number of likely N-dealkylation sites (tertiary alicyclic amines) is 1. The van der Waals surface area contributed by atoms with Gasteiger partial charge in [0.2, 0.25) is 0 Å². The monoisotopic (exact) mass is 456 g/mol. The van der Waals surface area contributed by atoms with Gasteiger partial charge in [-0.3, -0.25) is 4.79 Å². The Hall–Kier alpha value is -2.24. The highest BCUT2D eigenvalue weighted by Gasteiger charge is 2.42. The smallest absolute Gasteiger partial charge is 0.407 e. The molecule has 1 aromatic carbocycles. The molecule has 2 aliphatic heterocycles. The van der Waals surface area contributed by atoms with E-state index < -0.39 is 6.09 Å². The number of aryl methyl sites for hydroxylation is 1. The van der Waals surface area contributed by atoms with E-state index in [1.807, 2.05) is 6.92 Å². The van der Waals surface area contributed by atoms with Crippen molar-refractivity contribution in [1.29, 1.82) is 0 Å². The summed E-state index contributed by atoms with van der Waals surface area (Å²) in [5.41, 5.74) is 3.68. The number of ether oxygens (including phenoxy) is 1. The van der Waals surface area contributed by atoms with Gasteiger partial charge < -0.3 is 20.1 Å². The van der Waals surface area contributed by atoms with Gasteiger partial charge in [-0.15, -0.1) is 0 Å². The molecule has 0 radical (unpaired) electrons. The standard InChI is InChI=1S/C27H40N2O4/c1-16(25(30)33-5)24(18-7-8-18)20-9-6-17-10-11-21(28-22(17)14-20)19-12-13-29(26(31)32)23(15-19)27(2,3)4/h6,9,14,16,18-19,21,23-24,28H,7-8,10-13,15H2,1-5H3,(H,31,32)/t16-,19?,21?,23?,24-/m0/s1. The van der Waals surface area contributed by atoms with Crippen molar-refractivity contribution in [2.45, 2.75) is 84.2 Å². The van der Waals surface area contributed by atoms with E-state index in [1.54, 1.807) is 4.90 Å². The summed E-state index contributed by atoms with van der Waals surface area (Å²) in [5.74, 6) is 0.940. The third-order valence-corrected chi connectivity index (χ3v) is 8.28. The second-order valence-electron chi connectivity index (χ2n) is 11.5. The Morgan fingerprint density at radius 1 is 1.18 bits per heavy atom. The minimum Gasteiger partial charge on any atom is -0.469 e. The number of rotatable bonds is 5. The lowest BCUT2D eigenvalue weighted by Gasteiger charge is -2.47. The molecule has 4 rings (SSSR count). The average molecular weight is 457 g/mol. The van der Waals surface area contributed by atoms with Crippen molar-refractivity contribution in [1.82, 2.24) is 4.90 Å². The summed E-state index contributed by atoms with van der Waals surface area (Å²) in [6.45, 7) is 9.03. The number of carbonyl (C=O) groups is 2. The zero-order valence-electron chi connectivity index (χ0n) is 20.8. The minimum atomic E-state index is -0.800. The molecule has 0 spiro atoms. The van der Waals surface area contributed by atoms with E-state index in [2.05, 4.69) is 44.3 Å². The van der Waals surface area contributed by atoms with Crippen molar-refractivity contribution < 1.29 is 19.4 Å². The Morgan fingerprint density at radius 3 is 2.52 bits per heavy atom. The van der Waals surface area contributed by atoms with Gasteiger partial charge in [-0.2, -0.15) is 0 Å². The number of amides is 1. The van der Waals surface area contributed by atoms with Gasteiger partial charge in [-0.05, 0) is 78.9 Å². The van der Waals surface area contributed by atoms with E-state index in [9.17, 15) is 14.7 Å². The van der Waals surface area contributed by atoms with Crippen molar-refractivity contribution in [2.24, 2.45) is 23.2 Å². The van der Waals surface area contributed by atoms with Crippen LogP contribution < -0.4 is 5.32 Å². The number of benzene rings is 1. The van der Waals surface area contributed by atoms with Gasteiger partial charge in [0.05, 0.1) is 13.0 Å². The molecule has 2 N–H and O–H groups in total. The molecule has 1 amide bonds. The third-order valence-electron chi connectivity index (χ3n) is 8.28. The van der Waals surface area contributed by atoms with Gasteiger partial charge >= 0.3 is 12.1 Å². The van der Waals surface area contributed by atoms with Gasteiger partial charge in [-0.25, -0.2) is 4.79 Å². The molecular formula is C27H40N2O4. The van der Waals surface area contributed by atoms with Crippen LogP contribution in [0.25, 0.3) is 0 Å². The molecular weight excluding hydrogens is 416 g/mol. The van der Waals surface area contributed by atoms with Crippen LogP contribution in [0.4, 0.5) is 10.5 Å². The number of nitrogens with zero attached hydrogens (tertiary/aromatic N) is 1. The van der Waals surface area contributed by atoms with Crippen LogP contribution in [-0.2, 0) is 16.0 Å². The highest BCUT2D eigenvalue weighted by molar-refractivity contribution is 5.73. The van der Waals surface area contributed by atoms with Crippen LogP contribution in [-0.4, -0.2) is 47.8 Å². The van der Waals surface area contributed by atoms with Crippen molar-refractivity contribution in [3.63, 3.8) is 0 Å². The number of piperidine rings is 1. The second-order valence-corrected chi connectivity index (χ2v) is 11.5. The maximum absolute atomic E-state index is 12.3. The number of fused-ring (bicyclic) bond motifs is 1. The van der Waals surface area contributed by atoms with Crippen molar-refractivity contribution in [3.8, 4) is 0 Å². The summed E-state index contributed by atoms with van der Waals surface area (Å²) >= 11 is 0. The second kappa shape index (κ2) is 9.19. The fourth-order valence-electron chi connectivity index (χ4n) is 6.26. The molecule has 182 valence electrons. The maximum Gasteiger partial charge on any atom is 0.407 e. The lowest BCUT2D eigenvalue weighted by atomic mass is 9.73. The largest absolute Gasteiger partial charge is 0.469 e. The van der Waals surface area contributed by atoms with Crippen LogP contribution in [0.5, 0.6) is 0 Å². The van der Waals surface area contributed by atoms with E-state index >= 15 is 0 Å². The number of hydrogen-bond donors (Lipinski definition) is 2. The van der Waals surface area contributed by atoms with Crippen LogP contribution in [0.1, 0.15) is 76.8 Å². The predicted octanol–water partition coefficient (Wildman–Crippen LogP) is 5.52. The van der Waals surface area contributed by atoms with E-state index in [1.165, 1.54) is 36.8 Å². The summed E-state index contributed by atoms with van der Waals surface area (Å²) in [7, 11) is 1.47. The van der Waals surface area contributed by atoms with Gasteiger partial charge in [0.15, 0.2) is 0 Å². The zero-order valence-corrected chi connectivity index (χ0v) is 20.8. The van der Waals surface area contributed by atoms with Crippen LogP contribution in [0.2, 0.25) is 0 Å². The first-order valence-electron chi connectivity index (χ1n) is 12.6. The number of methoxy groups -OCH3 is 1. The van der Waals surface area contributed by atoms with Gasteiger partial charge in [-0.1, -0.05) is 39.8 Å². The van der Waals surface area contributed by atoms with E-state index in [0.717, 1.165) is 25.7 Å². The third kappa shape index (κ3) is 4.99. The van der Waals surface area contributed by atoms with Crippen LogP contribution >= 0.6 is 0 Å². The van der Waals surface area contributed by atoms with Crippen LogP contribution in [0.15, 0.2) is 18.2 Å². The normalized spacial score (nSPS) is 27.2. The molecule has 2 fully saturated rings.